The summed E-state index contributed by atoms with van der Waals surface area (Å²) in [6.45, 7) is 0. The van der Waals surface area contributed by atoms with Crippen LogP contribution in [0.15, 0.2) is 180 Å². The molecule has 0 bridgehead atoms. The number of benzene rings is 7. The summed E-state index contributed by atoms with van der Waals surface area (Å²) in [5, 5.41) is 4.68. The van der Waals surface area contributed by atoms with Gasteiger partial charge in [0, 0.05) is 49.5 Å². The second kappa shape index (κ2) is 11.4. The maximum atomic E-state index is 6.49. The van der Waals surface area contributed by atoms with E-state index in [0.717, 1.165) is 66.8 Å². The molecule has 0 spiro atoms. The molecule has 0 radical (unpaired) electrons. The molecule has 0 aliphatic heterocycles. The Labute approximate surface area is 288 Å². The Balaban J connectivity index is 1.18. The summed E-state index contributed by atoms with van der Waals surface area (Å²) in [5.41, 5.74) is 12.0. The predicted molar refractivity (Wildman–Crippen MR) is 205 cm³/mol. The van der Waals surface area contributed by atoms with Gasteiger partial charge >= 0.3 is 0 Å². The Morgan fingerprint density at radius 2 is 0.980 bits per heavy atom. The van der Waals surface area contributed by atoms with E-state index in [1.54, 1.807) is 0 Å². The number of para-hydroxylation sites is 4. The van der Waals surface area contributed by atoms with Gasteiger partial charge < -0.3 is 8.98 Å². The molecule has 0 amide bonds. The lowest BCUT2D eigenvalue weighted by molar-refractivity contribution is 0.670. The standard InChI is InChI=1S/C46H29N3O/c1-2-14-30(15-3-1)46-47-40(31-16-12-17-32(28-31)49-42-25-9-6-20-35(42)36-21-7-10-26-43(36)49)29-41(48-46)34-19-5-4-18-33(34)38-23-13-24-39-37-22-8-11-27-44(37)50-45(38)39/h1-29H. The fraction of sp³-hybridized carbons (Fsp3) is 0. The molecule has 50 heavy (non-hydrogen) atoms. The molecule has 0 aliphatic rings. The van der Waals surface area contributed by atoms with Gasteiger partial charge in [-0.1, -0.05) is 140 Å². The van der Waals surface area contributed by atoms with Crippen LogP contribution in [0.1, 0.15) is 0 Å². The van der Waals surface area contributed by atoms with Crippen molar-refractivity contribution >= 4 is 43.7 Å². The zero-order chi connectivity index (χ0) is 33.0. The van der Waals surface area contributed by atoms with Crippen LogP contribution < -0.4 is 0 Å². The lowest BCUT2D eigenvalue weighted by atomic mass is 9.95. The van der Waals surface area contributed by atoms with E-state index in [-0.39, 0.29) is 0 Å². The van der Waals surface area contributed by atoms with Gasteiger partial charge in [0.1, 0.15) is 11.2 Å². The first-order chi connectivity index (χ1) is 24.8. The molecule has 0 fully saturated rings. The summed E-state index contributed by atoms with van der Waals surface area (Å²) in [4.78, 5) is 10.4. The molecule has 0 atom stereocenters. The Morgan fingerprint density at radius 1 is 0.400 bits per heavy atom. The van der Waals surface area contributed by atoms with Crippen molar-refractivity contribution in [1.29, 1.82) is 0 Å². The summed E-state index contributed by atoms with van der Waals surface area (Å²) in [6, 6.07) is 61.3. The third-order valence-electron chi connectivity index (χ3n) is 9.64. The molecule has 4 nitrogen and oxygen atoms in total. The highest BCUT2D eigenvalue weighted by molar-refractivity contribution is 6.11. The summed E-state index contributed by atoms with van der Waals surface area (Å²) < 4.78 is 8.83. The summed E-state index contributed by atoms with van der Waals surface area (Å²) >= 11 is 0. The minimum Gasteiger partial charge on any atom is -0.455 e. The zero-order valence-corrected chi connectivity index (χ0v) is 27.0. The minimum absolute atomic E-state index is 0.678. The molecule has 4 heteroatoms. The Bertz CT molecular complexity index is 2830. The van der Waals surface area contributed by atoms with Gasteiger partial charge in [0.15, 0.2) is 5.82 Å². The number of nitrogens with zero attached hydrogens (tertiary/aromatic N) is 3. The molecule has 10 rings (SSSR count). The van der Waals surface area contributed by atoms with Crippen molar-refractivity contribution in [2.75, 3.05) is 0 Å². The highest BCUT2D eigenvalue weighted by Crippen LogP contribution is 2.40. The van der Waals surface area contributed by atoms with Crippen LogP contribution in [-0.2, 0) is 0 Å². The molecule has 0 aliphatic carbocycles. The van der Waals surface area contributed by atoms with Crippen molar-refractivity contribution in [3.05, 3.63) is 176 Å². The molecule has 7 aromatic carbocycles. The zero-order valence-electron chi connectivity index (χ0n) is 27.0. The second-order valence-electron chi connectivity index (χ2n) is 12.6. The van der Waals surface area contributed by atoms with Crippen molar-refractivity contribution in [2.45, 2.75) is 0 Å². The van der Waals surface area contributed by atoms with E-state index >= 15 is 0 Å². The van der Waals surface area contributed by atoms with Crippen LogP contribution >= 0.6 is 0 Å². The molecule has 10 aromatic rings. The number of furan rings is 1. The second-order valence-corrected chi connectivity index (χ2v) is 12.6. The van der Waals surface area contributed by atoms with Crippen molar-refractivity contribution < 1.29 is 4.42 Å². The van der Waals surface area contributed by atoms with Crippen LogP contribution in [0.25, 0.3) is 94.5 Å². The molecule has 0 N–H and O–H groups in total. The molecular weight excluding hydrogens is 611 g/mol. The maximum Gasteiger partial charge on any atom is 0.160 e. The molecule has 0 unspecified atom stereocenters. The van der Waals surface area contributed by atoms with E-state index in [1.807, 2.05) is 30.3 Å². The van der Waals surface area contributed by atoms with Crippen LogP contribution in [0.3, 0.4) is 0 Å². The first-order valence-electron chi connectivity index (χ1n) is 16.8. The number of hydrogen-bond acceptors (Lipinski definition) is 3. The van der Waals surface area contributed by atoms with E-state index < -0.39 is 0 Å². The van der Waals surface area contributed by atoms with Crippen LogP contribution in [0, 0.1) is 0 Å². The third kappa shape index (κ3) is 4.54. The Kier molecular flexibility index (Phi) is 6.46. The van der Waals surface area contributed by atoms with E-state index in [0.29, 0.717) is 5.82 Å². The van der Waals surface area contributed by atoms with Crippen molar-refractivity contribution in [1.82, 2.24) is 14.5 Å². The van der Waals surface area contributed by atoms with Crippen molar-refractivity contribution in [3.8, 4) is 50.7 Å². The highest BCUT2D eigenvalue weighted by atomic mass is 16.3. The molecule has 3 heterocycles. The SMILES string of the molecule is c1ccc(-c2nc(-c3cccc(-n4c5ccccc5c5ccccc54)c3)cc(-c3ccccc3-c3cccc4c3oc3ccccc34)n2)cc1. The summed E-state index contributed by atoms with van der Waals surface area (Å²) in [6.07, 6.45) is 0. The maximum absolute atomic E-state index is 6.49. The quantitative estimate of drug-likeness (QED) is 0.188. The van der Waals surface area contributed by atoms with Crippen LogP contribution in [-0.4, -0.2) is 14.5 Å². The summed E-state index contributed by atoms with van der Waals surface area (Å²) in [7, 11) is 0. The van der Waals surface area contributed by atoms with Crippen LogP contribution in [0.2, 0.25) is 0 Å². The minimum atomic E-state index is 0.678. The molecule has 0 saturated heterocycles. The average Bonchev–Trinajstić information content (AvgIpc) is 3.74. The highest BCUT2D eigenvalue weighted by Gasteiger charge is 2.18. The average molecular weight is 640 g/mol. The first-order valence-corrected chi connectivity index (χ1v) is 16.8. The van der Waals surface area contributed by atoms with Gasteiger partial charge in [0.2, 0.25) is 0 Å². The van der Waals surface area contributed by atoms with Crippen molar-refractivity contribution in [3.63, 3.8) is 0 Å². The van der Waals surface area contributed by atoms with E-state index in [9.17, 15) is 0 Å². The largest absolute Gasteiger partial charge is 0.455 e. The number of fused-ring (bicyclic) bond motifs is 6. The van der Waals surface area contributed by atoms with Gasteiger partial charge in [-0.2, -0.15) is 0 Å². The molecule has 234 valence electrons. The molecule has 3 aromatic heterocycles. The monoisotopic (exact) mass is 639 g/mol. The van der Waals surface area contributed by atoms with Crippen LogP contribution in [0.4, 0.5) is 0 Å². The normalized spacial score (nSPS) is 11.6. The Hall–Kier alpha value is -6.78. The first kappa shape index (κ1) is 28.3. The van der Waals surface area contributed by atoms with Gasteiger partial charge in [-0.05, 0) is 42.0 Å². The summed E-state index contributed by atoms with van der Waals surface area (Å²) in [5.74, 6) is 0.678. The van der Waals surface area contributed by atoms with Gasteiger partial charge in [0.25, 0.3) is 0 Å². The number of aromatic nitrogens is 3. The van der Waals surface area contributed by atoms with Gasteiger partial charge in [-0.3, -0.25) is 0 Å². The molecule has 0 saturated carbocycles. The van der Waals surface area contributed by atoms with E-state index in [1.165, 1.54) is 21.8 Å². The van der Waals surface area contributed by atoms with Gasteiger partial charge in [-0.15, -0.1) is 0 Å². The lowest BCUT2D eigenvalue weighted by Gasteiger charge is -2.14. The smallest absolute Gasteiger partial charge is 0.160 e. The van der Waals surface area contributed by atoms with Gasteiger partial charge in [-0.25, -0.2) is 9.97 Å². The Morgan fingerprint density at radius 3 is 1.78 bits per heavy atom. The molecular formula is C46H29N3O. The van der Waals surface area contributed by atoms with Gasteiger partial charge in [0.05, 0.1) is 22.4 Å². The topological polar surface area (TPSA) is 43.9 Å². The van der Waals surface area contributed by atoms with E-state index in [2.05, 4.69) is 150 Å². The fourth-order valence-corrected chi connectivity index (χ4v) is 7.36. The van der Waals surface area contributed by atoms with Crippen LogP contribution in [0.5, 0.6) is 0 Å². The predicted octanol–water partition coefficient (Wildman–Crippen LogP) is 12.1. The third-order valence-corrected chi connectivity index (χ3v) is 9.64. The number of rotatable bonds is 5. The van der Waals surface area contributed by atoms with E-state index in [4.69, 9.17) is 14.4 Å². The lowest BCUT2D eigenvalue weighted by Crippen LogP contribution is -1.98. The number of hydrogen-bond donors (Lipinski definition) is 0. The van der Waals surface area contributed by atoms with Crippen molar-refractivity contribution in [2.24, 2.45) is 0 Å². The fourth-order valence-electron chi connectivity index (χ4n) is 7.36.